The summed E-state index contributed by atoms with van der Waals surface area (Å²) in [6.07, 6.45) is 5.91. The molecule has 0 bridgehead atoms. The average Bonchev–Trinajstić information content (AvgIpc) is 2.96. The van der Waals surface area contributed by atoms with Crippen LogP contribution in [0.3, 0.4) is 0 Å². The fourth-order valence-corrected chi connectivity index (χ4v) is 3.02. The number of rotatable bonds is 6. The van der Waals surface area contributed by atoms with Crippen LogP contribution in [0, 0.1) is 5.92 Å². The number of nitrogens with one attached hydrogen (secondary N) is 2. The lowest BCUT2D eigenvalue weighted by atomic mass is 10.1. The molecule has 2 N–H and O–H groups in total. The summed E-state index contributed by atoms with van der Waals surface area (Å²) in [7, 11) is 0. The van der Waals surface area contributed by atoms with Gasteiger partial charge in [-0.1, -0.05) is 12.1 Å². The molecule has 1 aromatic rings. The smallest absolute Gasteiger partial charge is 0.273 e. The Morgan fingerprint density at radius 2 is 2.35 bits per heavy atom. The minimum absolute atomic E-state index is 0.127. The monoisotopic (exact) mass is 297 g/mol. The van der Waals surface area contributed by atoms with Gasteiger partial charge in [0.05, 0.1) is 12.2 Å². The first-order chi connectivity index (χ1) is 9.70. The van der Waals surface area contributed by atoms with Gasteiger partial charge in [-0.15, -0.1) is 5.10 Å². The molecule has 1 aromatic heterocycles. The minimum atomic E-state index is -0.127. The number of amides is 1. The highest BCUT2D eigenvalue weighted by atomic mass is 32.2. The maximum Gasteiger partial charge on any atom is 0.273 e. The molecule has 1 fully saturated rings. The van der Waals surface area contributed by atoms with Crippen LogP contribution < -0.4 is 10.6 Å². The van der Waals surface area contributed by atoms with Gasteiger partial charge < -0.3 is 10.6 Å². The number of hydrogen-bond acceptors (Lipinski definition) is 5. The molecule has 112 valence electrons. The quantitative estimate of drug-likeness (QED) is 0.817. The van der Waals surface area contributed by atoms with Gasteiger partial charge in [0.25, 0.3) is 5.91 Å². The van der Waals surface area contributed by atoms with E-state index in [1.807, 2.05) is 4.68 Å². The molecule has 6 nitrogen and oxygen atoms in total. The van der Waals surface area contributed by atoms with E-state index in [-0.39, 0.29) is 5.91 Å². The van der Waals surface area contributed by atoms with Gasteiger partial charge in [0.15, 0.2) is 5.69 Å². The topological polar surface area (TPSA) is 71.8 Å². The normalized spacial score (nSPS) is 17.9. The Labute approximate surface area is 124 Å². The highest BCUT2D eigenvalue weighted by Gasteiger charge is 2.18. The van der Waals surface area contributed by atoms with Crippen molar-refractivity contribution in [3.05, 3.63) is 11.9 Å². The van der Waals surface area contributed by atoms with Gasteiger partial charge in [0.1, 0.15) is 0 Å². The highest BCUT2D eigenvalue weighted by molar-refractivity contribution is 7.98. The summed E-state index contributed by atoms with van der Waals surface area (Å²) in [5.41, 5.74) is 0.417. The highest BCUT2D eigenvalue weighted by Crippen LogP contribution is 2.17. The third kappa shape index (κ3) is 4.21. The van der Waals surface area contributed by atoms with Gasteiger partial charge in [0.2, 0.25) is 0 Å². The van der Waals surface area contributed by atoms with Crippen molar-refractivity contribution in [3.8, 4) is 0 Å². The number of thioether (sulfide) groups is 1. The van der Waals surface area contributed by atoms with E-state index in [1.54, 1.807) is 18.0 Å². The van der Waals surface area contributed by atoms with Gasteiger partial charge in [-0.25, -0.2) is 4.68 Å². The van der Waals surface area contributed by atoms with Crippen LogP contribution in [0.1, 0.15) is 36.3 Å². The van der Waals surface area contributed by atoms with Crippen LogP contribution in [0.15, 0.2) is 6.20 Å². The van der Waals surface area contributed by atoms with Crippen molar-refractivity contribution in [2.24, 2.45) is 5.92 Å². The average molecular weight is 297 g/mol. The molecule has 1 saturated heterocycles. The number of carbonyl (C=O) groups is 1. The summed E-state index contributed by atoms with van der Waals surface area (Å²) >= 11 is 1.79. The predicted octanol–water partition coefficient (Wildman–Crippen LogP) is 0.931. The Morgan fingerprint density at radius 3 is 3.05 bits per heavy atom. The van der Waals surface area contributed by atoms with Gasteiger partial charge in [0, 0.05) is 6.54 Å². The lowest BCUT2D eigenvalue weighted by molar-refractivity contribution is 0.0944. The van der Waals surface area contributed by atoms with Gasteiger partial charge in [-0.3, -0.25) is 4.79 Å². The molecule has 1 amide bonds. The molecule has 0 spiro atoms. The second-order valence-electron chi connectivity index (χ2n) is 5.34. The summed E-state index contributed by atoms with van der Waals surface area (Å²) in [6, 6.07) is 0.362. The van der Waals surface area contributed by atoms with Crippen molar-refractivity contribution >= 4 is 17.7 Å². The molecule has 0 aromatic carbocycles. The number of hydrogen-bond donors (Lipinski definition) is 2. The predicted molar refractivity (Wildman–Crippen MR) is 81.0 cm³/mol. The molecule has 0 aliphatic carbocycles. The van der Waals surface area contributed by atoms with E-state index in [4.69, 9.17) is 0 Å². The van der Waals surface area contributed by atoms with Crippen LogP contribution >= 0.6 is 11.8 Å². The Bertz CT molecular complexity index is 430. The fourth-order valence-electron chi connectivity index (χ4n) is 2.33. The van der Waals surface area contributed by atoms with Crippen molar-refractivity contribution < 1.29 is 4.79 Å². The van der Waals surface area contributed by atoms with Crippen molar-refractivity contribution in [1.29, 1.82) is 0 Å². The number of nitrogens with zero attached hydrogens (tertiary/aromatic N) is 3. The Morgan fingerprint density at radius 1 is 1.60 bits per heavy atom. The maximum atomic E-state index is 12.0. The summed E-state index contributed by atoms with van der Waals surface area (Å²) in [5.74, 6) is 1.38. The molecule has 1 aliphatic heterocycles. The van der Waals surface area contributed by atoms with E-state index in [2.05, 4.69) is 34.1 Å². The number of aromatic nitrogens is 3. The van der Waals surface area contributed by atoms with E-state index >= 15 is 0 Å². The number of carbonyl (C=O) groups excluding carboxylic acids is 1. The van der Waals surface area contributed by atoms with Crippen LogP contribution in [0.5, 0.6) is 0 Å². The lowest BCUT2D eigenvalue weighted by Gasteiger charge is -2.22. The van der Waals surface area contributed by atoms with E-state index in [0.29, 0.717) is 24.2 Å². The Kier molecular flexibility index (Phi) is 5.85. The van der Waals surface area contributed by atoms with Crippen molar-refractivity contribution in [2.45, 2.75) is 25.8 Å². The molecule has 1 atom stereocenters. The lowest BCUT2D eigenvalue weighted by Crippen LogP contribution is -2.30. The SMILES string of the molecule is CSCC(C)CNC(=O)c1cn(C2CCNCC2)nn1. The molecule has 0 saturated carbocycles. The largest absolute Gasteiger partial charge is 0.350 e. The molecular formula is C13H23N5OS. The zero-order chi connectivity index (χ0) is 14.4. The van der Waals surface area contributed by atoms with E-state index in [1.165, 1.54) is 0 Å². The second kappa shape index (κ2) is 7.64. The summed E-state index contributed by atoms with van der Waals surface area (Å²) in [6.45, 7) is 4.80. The molecule has 7 heteroatoms. The first-order valence-electron chi connectivity index (χ1n) is 7.10. The van der Waals surface area contributed by atoms with Crippen molar-refractivity contribution in [3.63, 3.8) is 0 Å². The third-order valence-corrected chi connectivity index (χ3v) is 4.39. The zero-order valence-electron chi connectivity index (χ0n) is 12.1. The molecule has 0 radical (unpaired) electrons. The molecule has 2 heterocycles. The second-order valence-corrected chi connectivity index (χ2v) is 6.25. The first kappa shape index (κ1) is 15.3. The third-order valence-electron chi connectivity index (χ3n) is 3.49. The standard InChI is InChI=1S/C13H23N5OS/c1-10(9-20-2)7-15-13(19)12-8-18(17-16-12)11-3-5-14-6-4-11/h8,10-11,14H,3-7,9H2,1-2H3,(H,15,19). The van der Waals surface area contributed by atoms with Crippen LogP contribution in [0.25, 0.3) is 0 Å². The van der Waals surface area contributed by atoms with E-state index < -0.39 is 0 Å². The molecule has 1 aliphatic rings. The molecule has 20 heavy (non-hydrogen) atoms. The van der Waals surface area contributed by atoms with Crippen molar-refractivity contribution in [2.75, 3.05) is 31.6 Å². The van der Waals surface area contributed by atoms with Crippen LogP contribution in [0.2, 0.25) is 0 Å². The minimum Gasteiger partial charge on any atom is -0.350 e. The Balaban J connectivity index is 1.86. The first-order valence-corrected chi connectivity index (χ1v) is 8.49. The van der Waals surface area contributed by atoms with Gasteiger partial charge in [-0.05, 0) is 43.9 Å². The van der Waals surface area contributed by atoms with Crippen molar-refractivity contribution in [1.82, 2.24) is 25.6 Å². The molecule has 1 unspecified atom stereocenters. The van der Waals surface area contributed by atoms with Gasteiger partial charge in [-0.2, -0.15) is 11.8 Å². The van der Waals surface area contributed by atoms with E-state index in [9.17, 15) is 4.79 Å². The molecule has 2 rings (SSSR count). The molecular weight excluding hydrogens is 274 g/mol. The van der Waals surface area contributed by atoms with Crippen LogP contribution in [0.4, 0.5) is 0 Å². The van der Waals surface area contributed by atoms with Gasteiger partial charge >= 0.3 is 0 Å². The van der Waals surface area contributed by atoms with Crippen LogP contribution in [-0.2, 0) is 0 Å². The fraction of sp³-hybridized carbons (Fsp3) is 0.769. The summed E-state index contributed by atoms with van der Waals surface area (Å²) in [5, 5.41) is 14.3. The van der Waals surface area contributed by atoms with E-state index in [0.717, 1.165) is 31.7 Å². The maximum absolute atomic E-state index is 12.0. The van der Waals surface area contributed by atoms with Crippen LogP contribution in [-0.4, -0.2) is 52.5 Å². The summed E-state index contributed by atoms with van der Waals surface area (Å²) in [4.78, 5) is 12.0. The Hall–Kier alpha value is -1.08. The summed E-state index contributed by atoms with van der Waals surface area (Å²) < 4.78 is 1.83. The number of piperidine rings is 1. The zero-order valence-corrected chi connectivity index (χ0v) is 12.9.